The fraction of sp³-hybridized carbons (Fsp3) is 0.409. The van der Waals surface area contributed by atoms with Gasteiger partial charge in [0, 0.05) is 13.1 Å². The van der Waals surface area contributed by atoms with Gasteiger partial charge in [-0.05, 0) is 48.7 Å². The highest BCUT2D eigenvalue weighted by Gasteiger charge is 2.41. The van der Waals surface area contributed by atoms with Crippen LogP contribution in [0.15, 0.2) is 54.6 Å². The van der Waals surface area contributed by atoms with Gasteiger partial charge in [-0.1, -0.05) is 48.5 Å². The van der Waals surface area contributed by atoms with Gasteiger partial charge in [-0.25, -0.2) is 0 Å². The van der Waals surface area contributed by atoms with E-state index in [0.29, 0.717) is 19.7 Å². The Morgan fingerprint density at radius 3 is 2.41 bits per heavy atom. The maximum absolute atomic E-state index is 12.2. The number of morpholine rings is 1. The lowest BCUT2D eigenvalue weighted by Crippen LogP contribution is -2.57. The summed E-state index contributed by atoms with van der Waals surface area (Å²) in [4.78, 5) is 14.3. The minimum atomic E-state index is -0.800. The lowest BCUT2D eigenvalue weighted by Gasteiger charge is -2.46. The summed E-state index contributed by atoms with van der Waals surface area (Å²) >= 11 is 0. The summed E-state index contributed by atoms with van der Waals surface area (Å²) in [5, 5.41) is 13.4. The molecule has 2 N–H and O–H groups in total. The van der Waals surface area contributed by atoms with E-state index in [-0.39, 0.29) is 30.4 Å². The lowest BCUT2D eigenvalue weighted by molar-refractivity contribution is -0.158. The van der Waals surface area contributed by atoms with Crippen LogP contribution in [-0.4, -0.2) is 54.4 Å². The van der Waals surface area contributed by atoms with Crippen molar-refractivity contribution in [1.82, 2.24) is 10.2 Å². The van der Waals surface area contributed by atoms with Crippen molar-refractivity contribution in [1.29, 1.82) is 0 Å². The Kier molecular flexibility index (Phi) is 8.49. The summed E-state index contributed by atoms with van der Waals surface area (Å²) in [7, 11) is 0. The Labute approximate surface area is 184 Å². The summed E-state index contributed by atoms with van der Waals surface area (Å²) in [6.45, 7) is 3.75. The standard InChI is InChI=1S/C22H26N2O3.2ClH/c25-21(26)20(24-13-14-27-22(16-24)9-11-23-12-10-22)19-8-4-7-18(15-19)17-5-2-1-3-6-17;;/h1-8,15,20,23H,9-14,16H2,(H,25,26);2*1H. The van der Waals surface area contributed by atoms with Gasteiger partial charge in [0.25, 0.3) is 0 Å². The fourth-order valence-corrected chi connectivity index (χ4v) is 4.31. The molecule has 1 atom stereocenters. The first-order valence-corrected chi connectivity index (χ1v) is 9.64. The number of aliphatic carboxylic acids is 1. The molecule has 1 unspecified atom stereocenters. The number of carbonyl (C=O) groups is 1. The number of nitrogens with one attached hydrogen (secondary N) is 1. The van der Waals surface area contributed by atoms with Crippen molar-refractivity contribution in [3.8, 4) is 11.1 Å². The topological polar surface area (TPSA) is 61.8 Å². The Morgan fingerprint density at radius 1 is 1.03 bits per heavy atom. The predicted molar refractivity (Wildman–Crippen MR) is 119 cm³/mol. The van der Waals surface area contributed by atoms with Gasteiger partial charge in [0.1, 0.15) is 6.04 Å². The zero-order valence-electron chi connectivity index (χ0n) is 16.3. The second kappa shape index (κ2) is 10.4. The molecule has 7 heteroatoms. The largest absolute Gasteiger partial charge is 0.480 e. The molecule has 2 saturated heterocycles. The van der Waals surface area contributed by atoms with Crippen molar-refractivity contribution >= 4 is 30.8 Å². The van der Waals surface area contributed by atoms with Gasteiger partial charge in [-0.2, -0.15) is 0 Å². The molecule has 4 rings (SSSR count). The van der Waals surface area contributed by atoms with Crippen molar-refractivity contribution < 1.29 is 14.6 Å². The molecule has 2 heterocycles. The second-order valence-corrected chi connectivity index (χ2v) is 7.48. The normalized spacial score (nSPS) is 19.6. The molecule has 1 spiro atoms. The molecule has 0 bridgehead atoms. The van der Waals surface area contributed by atoms with Crippen LogP contribution in [0.25, 0.3) is 11.1 Å². The number of hydrogen-bond acceptors (Lipinski definition) is 4. The van der Waals surface area contributed by atoms with Crippen LogP contribution >= 0.6 is 24.8 Å². The molecule has 2 aromatic rings. The molecule has 0 aromatic heterocycles. The number of rotatable bonds is 4. The maximum Gasteiger partial charge on any atom is 0.325 e. The van der Waals surface area contributed by atoms with Gasteiger partial charge in [0.05, 0.1) is 12.2 Å². The van der Waals surface area contributed by atoms with Crippen molar-refractivity contribution in [2.75, 3.05) is 32.8 Å². The summed E-state index contributed by atoms with van der Waals surface area (Å²) in [5.41, 5.74) is 2.76. The Hall–Kier alpha value is -1.63. The quantitative estimate of drug-likeness (QED) is 0.760. The average Bonchev–Trinajstić information content (AvgIpc) is 2.69. The number of benzene rings is 2. The van der Waals surface area contributed by atoms with E-state index in [0.717, 1.165) is 42.6 Å². The monoisotopic (exact) mass is 438 g/mol. The van der Waals surface area contributed by atoms with Gasteiger partial charge in [-0.3, -0.25) is 9.69 Å². The Bertz CT molecular complexity index is 792. The van der Waals surface area contributed by atoms with Gasteiger partial charge >= 0.3 is 5.97 Å². The molecule has 5 nitrogen and oxygen atoms in total. The highest BCUT2D eigenvalue weighted by atomic mass is 35.5. The third-order valence-corrected chi connectivity index (χ3v) is 5.70. The zero-order chi connectivity index (χ0) is 18.7. The average molecular weight is 439 g/mol. The highest BCUT2D eigenvalue weighted by Crippen LogP contribution is 2.33. The van der Waals surface area contributed by atoms with E-state index in [1.807, 2.05) is 54.6 Å². The molecule has 158 valence electrons. The smallest absolute Gasteiger partial charge is 0.325 e. The van der Waals surface area contributed by atoms with E-state index in [1.165, 1.54) is 0 Å². The summed E-state index contributed by atoms with van der Waals surface area (Å²) in [5.74, 6) is -0.800. The number of nitrogens with zero attached hydrogens (tertiary/aromatic N) is 1. The first-order valence-electron chi connectivity index (χ1n) is 9.64. The molecule has 2 aliphatic heterocycles. The number of carboxylic acids is 1. The molecule has 29 heavy (non-hydrogen) atoms. The van der Waals surface area contributed by atoms with E-state index >= 15 is 0 Å². The molecular weight excluding hydrogens is 411 g/mol. The van der Waals surface area contributed by atoms with Crippen LogP contribution in [0.1, 0.15) is 24.4 Å². The first-order chi connectivity index (χ1) is 13.2. The number of halogens is 2. The molecular formula is C22H28Cl2N2O3. The van der Waals surface area contributed by atoms with Crippen LogP contribution < -0.4 is 5.32 Å². The lowest BCUT2D eigenvalue weighted by atomic mass is 9.89. The molecule has 0 radical (unpaired) electrons. The minimum Gasteiger partial charge on any atom is -0.480 e. The number of ether oxygens (including phenoxy) is 1. The van der Waals surface area contributed by atoms with E-state index in [2.05, 4.69) is 10.2 Å². The van der Waals surface area contributed by atoms with Crippen LogP contribution in [0.4, 0.5) is 0 Å². The number of piperidine rings is 1. The van der Waals surface area contributed by atoms with Gasteiger partial charge in [0.15, 0.2) is 0 Å². The van der Waals surface area contributed by atoms with Crippen molar-refractivity contribution in [3.05, 3.63) is 60.2 Å². The molecule has 0 amide bonds. The maximum atomic E-state index is 12.2. The van der Waals surface area contributed by atoms with Gasteiger partial charge in [0.2, 0.25) is 0 Å². The van der Waals surface area contributed by atoms with Crippen LogP contribution in [0.3, 0.4) is 0 Å². The van der Waals surface area contributed by atoms with Crippen molar-refractivity contribution in [3.63, 3.8) is 0 Å². The fourth-order valence-electron chi connectivity index (χ4n) is 4.31. The highest BCUT2D eigenvalue weighted by molar-refractivity contribution is 5.85. The summed E-state index contributed by atoms with van der Waals surface area (Å²) in [6.07, 6.45) is 1.86. The minimum absolute atomic E-state index is 0. The van der Waals surface area contributed by atoms with Crippen LogP contribution in [0.2, 0.25) is 0 Å². The Balaban J connectivity index is 0.00000150. The third kappa shape index (κ3) is 5.30. The number of carboxylic acid groups (broad SMARTS) is 1. The zero-order valence-corrected chi connectivity index (χ0v) is 17.9. The molecule has 0 saturated carbocycles. The summed E-state index contributed by atoms with van der Waals surface area (Å²) in [6, 6.07) is 17.4. The van der Waals surface area contributed by atoms with Crippen molar-refractivity contribution in [2.45, 2.75) is 24.5 Å². The van der Waals surface area contributed by atoms with Crippen LogP contribution in [-0.2, 0) is 9.53 Å². The second-order valence-electron chi connectivity index (χ2n) is 7.48. The third-order valence-electron chi connectivity index (χ3n) is 5.70. The SMILES string of the molecule is Cl.Cl.O=C(O)C(c1cccc(-c2ccccc2)c1)N1CCOC2(CCNCC2)C1. The number of hydrogen-bond donors (Lipinski definition) is 2. The van der Waals surface area contributed by atoms with E-state index < -0.39 is 12.0 Å². The van der Waals surface area contributed by atoms with E-state index in [9.17, 15) is 9.90 Å². The van der Waals surface area contributed by atoms with Gasteiger partial charge < -0.3 is 15.2 Å². The molecule has 2 aromatic carbocycles. The molecule has 2 fully saturated rings. The van der Waals surface area contributed by atoms with E-state index in [1.54, 1.807) is 0 Å². The predicted octanol–water partition coefficient (Wildman–Crippen LogP) is 3.78. The summed E-state index contributed by atoms with van der Waals surface area (Å²) < 4.78 is 6.12. The Morgan fingerprint density at radius 2 is 1.72 bits per heavy atom. The van der Waals surface area contributed by atoms with Crippen LogP contribution in [0, 0.1) is 0 Å². The molecule has 2 aliphatic rings. The van der Waals surface area contributed by atoms with Crippen molar-refractivity contribution in [2.24, 2.45) is 0 Å². The molecule has 0 aliphatic carbocycles. The van der Waals surface area contributed by atoms with E-state index in [4.69, 9.17) is 4.74 Å². The first kappa shape index (κ1) is 23.6. The van der Waals surface area contributed by atoms with Gasteiger partial charge in [-0.15, -0.1) is 24.8 Å². The van der Waals surface area contributed by atoms with Crippen LogP contribution in [0.5, 0.6) is 0 Å².